The van der Waals surface area contributed by atoms with Crippen molar-refractivity contribution in [3.8, 4) is 0 Å². The van der Waals surface area contributed by atoms with Crippen molar-refractivity contribution >= 4 is 44.4 Å². The number of ether oxygens (including phenoxy) is 1. The number of carbonyl (C=O) groups excluding carboxylic acids is 1. The fourth-order valence-corrected chi connectivity index (χ4v) is 5.81. The minimum absolute atomic E-state index is 0.142. The lowest BCUT2D eigenvalue weighted by atomic mass is 10.2. The molecular formula is C23H30N4O4S2. The molecule has 0 saturated carbocycles. The number of nitrogens with one attached hydrogen (secondary N) is 1. The van der Waals surface area contributed by atoms with Crippen LogP contribution in [0, 0.1) is 6.92 Å². The van der Waals surface area contributed by atoms with Gasteiger partial charge in [-0.1, -0.05) is 43.8 Å². The molecule has 8 nitrogen and oxygen atoms in total. The van der Waals surface area contributed by atoms with Gasteiger partial charge >= 0.3 is 0 Å². The standard InChI is InChI=1S/C23H30N4O4S2/c1-5-26(6-2)33(29,30)18-12-11-17(3)20(15-18)24-22(28)16-32-23-25-19-9-7-8-10-21(19)27(23)13-14-31-4/h7-12,15H,5-6,13-14,16H2,1-4H3,(H,24,28). The van der Waals surface area contributed by atoms with Crippen LogP contribution in [0.25, 0.3) is 11.0 Å². The van der Waals surface area contributed by atoms with Crippen LogP contribution >= 0.6 is 11.8 Å². The minimum Gasteiger partial charge on any atom is -0.383 e. The molecule has 178 valence electrons. The SMILES string of the molecule is CCN(CC)S(=O)(=O)c1ccc(C)c(NC(=O)CSc2nc3ccccc3n2CCOC)c1. The highest BCUT2D eigenvalue weighted by atomic mass is 32.2. The summed E-state index contributed by atoms with van der Waals surface area (Å²) in [5.74, 6) is -0.0891. The Kier molecular flexibility index (Phi) is 8.52. The Hall–Kier alpha value is -2.40. The zero-order chi connectivity index (χ0) is 24.0. The summed E-state index contributed by atoms with van der Waals surface area (Å²) in [4.78, 5) is 17.6. The summed E-state index contributed by atoms with van der Waals surface area (Å²) in [5, 5.41) is 3.59. The summed E-state index contributed by atoms with van der Waals surface area (Å²) >= 11 is 1.34. The summed E-state index contributed by atoms with van der Waals surface area (Å²) in [6.45, 7) is 7.37. The van der Waals surface area contributed by atoms with Crippen LogP contribution in [0.1, 0.15) is 19.4 Å². The van der Waals surface area contributed by atoms with Crippen LogP contribution in [0.3, 0.4) is 0 Å². The predicted octanol–water partition coefficient (Wildman–Crippen LogP) is 3.75. The maximum absolute atomic E-state index is 12.9. The molecule has 1 N–H and O–H groups in total. The van der Waals surface area contributed by atoms with Gasteiger partial charge in [-0.25, -0.2) is 13.4 Å². The van der Waals surface area contributed by atoms with Gasteiger partial charge in [0.2, 0.25) is 15.9 Å². The number of hydrogen-bond donors (Lipinski definition) is 1. The Balaban J connectivity index is 1.76. The number of fused-ring (bicyclic) bond motifs is 1. The smallest absolute Gasteiger partial charge is 0.243 e. The van der Waals surface area contributed by atoms with Gasteiger partial charge in [-0.15, -0.1) is 0 Å². The molecule has 0 aliphatic heterocycles. The van der Waals surface area contributed by atoms with E-state index in [4.69, 9.17) is 4.74 Å². The van der Waals surface area contributed by atoms with Crippen LogP contribution in [-0.2, 0) is 26.1 Å². The van der Waals surface area contributed by atoms with Gasteiger partial charge < -0.3 is 14.6 Å². The van der Waals surface area contributed by atoms with E-state index in [2.05, 4.69) is 10.3 Å². The average molecular weight is 491 g/mol. The summed E-state index contributed by atoms with van der Waals surface area (Å²) in [7, 11) is -1.96. The molecule has 0 bridgehead atoms. The van der Waals surface area contributed by atoms with Gasteiger partial charge in [0.1, 0.15) is 0 Å². The molecule has 0 aliphatic carbocycles. The summed E-state index contributed by atoms with van der Waals surface area (Å²) in [6.07, 6.45) is 0. The number of aromatic nitrogens is 2. The number of nitrogens with zero attached hydrogens (tertiary/aromatic N) is 3. The number of methoxy groups -OCH3 is 1. The van der Waals surface area contributed by atoms with Gasteiger partial charge in [0, 0.05) is 32.4 Å². The monoisotopic (exact) mass is 490 g/mol. The number of thioether (sulfide) groups is 1. The number of amides is 1. The number of hydrogen-bond acceptors (Lipinski definition) is 6. The van der Waals surface area contributed by atoms with Gasteiger partial charge in [0.05, 0.1) is 28.3 Å². The van der Waals surface area contributed by atoms with Gasteiger partial charge in [0.25, 0.3) is 0 Å². The predicted molar refractivity (Wildman–Crippen MR) is 132 cm³/mol. The van der Waals surface area contributed by atoms with E-state index in [-0.39, 0.29) is 16.6 Å². The van der Waals surface area contributed by atoms with Crippen molar-refractivity contribution in [1.29, 1.82) is 0 Å². The van der Waals surface area contributed by atoms with Crippen molar-refractivity contribution in [3.05, 3.63) is 48.0 Å². The molecule has 0 fully saturated rings. The highest BCUT2D eigenvalue weighted by Crippen LogP contribution is 2.26. The molecule has 10 heteroatoms. The second-order valence-electron chi connectivity index (χ2n) is 7.43. The normalized spacial score (nSPS) is 11.9. The Morgan fingerprint density at radius 3 is 2.61 bits per heavy atom. The third-order valence-corrected chi connectivity index (χ3v) is 8.32. The Morgan fingerprint density at radius 2 is 1.91 bits per heavy atom. The molecule has 0 spiro atoms. The van der Waals surface area contributed by atoms with E-state index >= 15 is 0 Å². The molecule has 0 radical (unpaired) electrons. The quantitative estimate of drug-likeness (QED) is 0.412. The minimum atomic E-state index is -3.61. The second kappa shape index (κ2) is 11.1. The van der Waals surface area contributed by atoms with E-state index < -0.39 is 10.0 Å². The van der Waals surface area contributed by atoms with Crippen LogP contribution in [0.5, 0.6) is 0 Å². The number of anilines is 1. The van der Waals surface area contributed by atoms with Crippen LogP contribution in [-0.4, -0.2) is 60.7 Å². The Labute approximate surface area is 199 Å². The molecule has 0 unspecified atom stereocenters. The summed E-state index contributed by atoms with van der Waals surface area (Å²) < 4.78 is 34.4. The van der Waals surface area contributed by atoms with Gasteiger partial charge in [-0.2, -0.15) is 4.31 Å². The van der Waals surface area contributed by atoms with Crippen LogP contribution < -0.4 is 5.32 Å². The van der Waals surface area contributed by atoms with Crippen LogP contribution in [0.2, 0.25) is 0 Å². The third-order valence-electron chi connectivity index (χ3n) is 5.30. The van der Waals surface area contributed by atoms with Crippen LogP contribution in [0.4, 0.5) is 5.69 Å². The highest BCUT2D eigenvalue weighted by molar-refractivity contribution is 7.99. The van der Waals surface area contributed by atoms with Crippen molar-refractivity contribution in [2.75, 3.05) is 37.9 Å². The molecule has 3 rings (SSSR count). The lowest BCUT2D eigenvalue weighted by Gasteiger charge is -2.19. The first-order valence-corrected chi connectivity index (χ1v) is 13.2. The zero-order valence-electron chi connectivity index (χ0n) is 19.4. The molecule has 33 heavy (non-hydrogen) atoms. The van der Waals surface area contributed by atoms with E-state index in [0.29, 0.717) is 31.9 Å². The first-order chi connectivity index (χ1) is 15.8. The van der Waals surface area contributed by atoms with Crippen molar-refractivity contribution < 1.29 is 17.9 Å². The van der Waals surface area contributed by atoms with E-state index in [9.17, 15) is 13.2 Å². The van der Waals surface area contributed by atoms with E-state index in [0.717, 1.165) is 21.8 Å². The van der Waals surface area contributed by atoms with E-state index in [1.165, 1.54) is 22.1 Å². The lowest BCUT2D eigenvalue weighted by Crippen LogP contribution is -2.30. The molecule has 0 aliphatic rings. The van der Waals surface area contributed by atoms with Gasteiger partial charge in [-0.05, 0) is 36.8 Å². The molecule has 1 amide bonds. The van der Waals surface area contributed by atoms with Crippen molar-refractivity contribution in [3.63, 3.8) is 0 Å². The Morgan fingerprint density at radius 1 is 1.18 bits per heavy atom. The first kappa shape index (κ1) is 25.2. The molecule has 0 atom stereocenters. The summed E-state index contributed by atoms with van der Waals surface area (Å²) in [6, 6.07) is 12.6. The topological polar surface area (TPSA) is 93.5 Å². The lowest BCUT2D eigenvalue weighted by molar-refractivity contribution is -0.113. The van der Waals surface area contributed by atoms with Gasteiger partial charge in [0.15, 0.2) is 5.16 Å². The number of aryl methyl sites for hydroxylation is 1. The number of sulfonamides is 1. The molecule has 1 aromatic heterocycles. The number of benzene rings is 2. The highest BCUT2D eigenvalue weighted by Gasteiger charge is 2.22. The molecule has 2 aromatic carbocycles. The summed E-state index contributed by atoms with van der Waals surface area (Å²) in [5.41, 5.74) is 3.13. The number of carbonyl (C=O) groups is 1. The van der Waals surface area contributed by atoms with Crippen LogP contribution in [0.15, 0.2) is 52.5 Å². The average Bonchev–Trinajstić information content (AvgIpc) is 3.15. The van der Waals surface area contributed by atoms with Crippen molar-refractivity contribution in [1.82, 2.24) is 13.9 Å². The molecule has 1 heterocycles. The molecule has 0 saturated heterocycles. The fraction of sp³-hybridized carbons (Fsp3) is 0.391. The van der Waals surface area contributed by atoms with E-state index in [1.807, 2.05) is 35.8 Å². The van der Waals surface area contributed by atoms with Gasteiger partial charge in [-0.3, -0.25) is 4.79 Å². The van der Waals surface area contributed by atoms with Crippen molar-refractivity contribution in [2.45, 2.75) is 37.4 Å². The largest absolute Gasteiger partial charge is 0.383 e. The fourth-order valence-electron chi connectivity index (χ4n) is 3.49. The maximum atomic E-state index is 12.9. The Bertz CT molecular complexity index is 1220. The molecular weight excluding hydrogens is 460 g/mol. The number of rotatable bonds is 11. The second-order valence-corrected chi connectivity index (χ2v) is 10.3. The van der Waals surface area contributed by atoms with Crippen molar-refractivity contribution in [2.24, 2.45) is 0 Å². The number of imidazole rings is 1. The first-order valence-electron chi connectivity index (χ1n) is 10.8. The third kappa shape index (κ3) is 5.75. The van der Waals surface area contributed by atoms with E-state index in [1.54, 1.807) is 33.1 Å². The maximum Gasteiger partial charge on any atom is 0.243 e. The zero-order valence-corrected chi connectivity index (χ0v) is 21.0. The number of para-hydroxylation sites is 2. The molecule has 3 aromatic rings.